The standard InChI is InChI=1S/C22H25NO5/c1-22(2,3)28-21(25)16(13-15-9-5-4-6-10-15)23-20(24)19-14-26-17-11-7-8-12-18(17)27-19/h4-12,16,19H,13-14H2,1-3H3,(H,23,24)/t16-,19?/m0/s1. The van der Waals surface area contributed by atoms with Gasteiger partial charge in [0.25, 0.3) is 5.91 Å². The van der Waals surface area contributed by atoms with Crippen molar-refractivity contribution in [2.24, 2.45) is 0 Å². The molecule has 2 aromatic rings. The fraction of sp³-hybridized carbons (Fsp3) is 0.364. The van der Waals surface area contributed by atoms with Gasteiger partial charge in [0.2, 0.25) is 6.10 Å². The highest BCUT2D eigenvalue weighted by molar-refractivity contribution is 5.87. The van der Waals surface area contributed by atoms with Gasteiger partial charge in [-0.15, -0.1) is 0 Å². The number of carbonyl (C=O) groups excluding carboxylic acids is 2. The molecule has 0 aromatic heterocycles. The second kappa shape index (κ2) is 8.33. The predicted molar refractivity (Wildman–Crippen MR) is 104 cm³/mol. The van der Waals surface area contributed by atoms with Crippen molar-refractivity contribution in [1.29, 1.82) is 0 Å². The molecule has 148 valence electrons. The van der Waals surface area contributed by atoms with Gasteiger partial charge in [-0.3, -0.25) is 4.79 Å². The van der Waals surface area contributed by atoms with E-state index in [2.05, 4.69) is 5.32 Å². The lowest BCUT2D eigenvalue weighted by Crippen LogP contribution is -2.52. The molecule has 0 saturated carbocycles. The number of para-hydroxylation sites is 2. The smallest absolute Gasteiger partial charge is 0.329 e. The van der Waals surface area contributed by atoms with Crippen LogP contribution in [0.25, 0.3) is 0 Å². The number of benzene rings is 2. The van der Waals surface area contributed by atoms with Gasteiger partial charge in [-0.2, -0.15) is 0 Å². The molecule has 3 rings (SSSR count). The summed E-state index contributed by atoms with van der Waals surface area (Å²) in [5.41, 5.74) is 0.268. The van der Waals surface area contributed by atoms with Gasteiger partial charge in [0.05, 0.1) is 0 Å². The van der Waals surface area contributed by atoms with Crippen LogP contribution in [0, 0.1) is 0 Å². The van der Waals surface area contributed by atoms with Crippen LogP contribution in [-0.2, 0) is 20.7 Å². The summed E-state index contributed by atoms with van der Waals surface area (Å²) < 4.78 is 16.8. The van der Waals surface area contributed by atoms with Crippen molar-refractivity contribution in [3.63, 3.8) is 0 Å². The monoisotopic (exact) mass is 383 g/mol. The van der Waals surface area contributed by atoms with Gasteiger partial charge in [0.15, 0.2) is 11.5 Å². The van der Waals surface area contributed by atoms with E-state index in [0.717, 1.165) is 5.56 Å². The second-order valence-electron chi connectivity index (χ2n) is 7.65. The summed E-state index contributed by atoms with van der Waals surface area (Å²) in [5, 5.41) is 2.77. The average molecular weight is 383 g/mol. The minimum absolute atomic E-state index is 0.0786. The van der Waals surface area contributed by atoms with Crippen LogP contribution in [0.4, 0.5) is 0 Å². The molecule has 0 spiro atoms. The van der Waals surface area contributed by atoms with Gasteiger partial charge in [0, 0.05) is 6.42 Å². The van der Waals surface area contributed by atoms with E-state index in [0.29, 0.717) is 17.9 Å². The molecule has 1 unspecified atom stereocenters. The summed E-state index contributed by atoms with van der Waals surface area (Å²) in [6.07, 6.45) is -0.512. The Morgan fingerprint density at radius 3 is 2.39 bits per heavy atom. The number of rotatable bonds is 5. The molecule has 1 N–H and O–H groups in total. The van der Waals surface area contributed by atoms with Crippen LogP contribution in [0.3, 0.4) is 0 Å². The van der Waals surface area contributed by atoms with E-state index in [9.17, 15) is 9.59 Å². The molecule has 6 nitrogen and oxygen atoms in total. The Kier molecular flexibility index (Phi) is 5.87. The van der Waals surface area contributed by atoms with Crippen molar-refractivity contribution in [3.05, 3.63) is 60.2 Å². The van der Waals surface area contributed by atoms with Crippen LogP contribution in [0.5, 0.6) is 11.5 Å². The van der Waals surface area contributed by atoms with E-state index in [1.54, 1.807) is 39.0 Å². The number of fused-ring (bicyclic) bond motifs is 1. The van der Waals surface area contributed by atoms with E-state index < -0.39 is 29.6 Å². The van der Waals surface area contributed by atoms with Gasteiger partial charge in [-0.05, 0) is 38.5 Å². The molecular formula is C22H25NO5. The van der Waals surface area contributed by atoms with Gasteiger partial charge in [-0.1, -0.05) is 42.5 Å². The predicted octanol–water partition coefficient (Wildman–Crippen LogP) is 2.90. The Labute approximate surface area is 164 Å². The zero-order valence-corrected chi connectivity index (χ0v) is 16.3. The van der Waals surface area contributed by atoms with Crippen molar-refractivity contribution in [1.82, 2.24) is 5.32 Å². The molecule has 6 heteroatoms. The van der Waals surface area contributed by atoms with Crippen LogP contribution in [0.2, 0.25) is 0 Å². The molecule has 0 bridgehead atoms. The van der Waals surface area contributed by atoms with Gasteiger partial charge < -0.3 is 19.5 Å². The lowest BCUT2D eigenvalue weighted by atomic mass is 10.1. The molecule has 1 aliphatic heterocycles. The molecule has 0 radical (unpaired) electrons. The fourth-order valence-electron chi connectivity index (χ4n) is 2.83. The molecular weight excluding hydrogens is 358 g/mol. The number of hydrogen-bond donors (Lipinski definition) is 1. The van der Waals surface area contributed by atoms with Crippen LogP contribution >= 0.6 is 0 Å². The Bertz CT molecular complexity index is 828. The number of carbonyl (C=O) groups is 2. The van der Waals surface area contributed by atoms with Crippen LogP contribution < -0.4 is 14.8 Å². The maximum atomic E-state index is 12.8. The third-order valence-corrected chi connectivity index (χ3v) is 4.09. The van der Waals surface area contributed by atoms with E-state index in [-0.39, 0.29) is 6.61 Å². The first-order chi connectivity index (χ1) is 13.3. The zero-order valence-electron chi connectivity index (χ0n) is 16.3. The van der Waals surface area contributed by atoms with E-state index in [4.69, 9.17) is 14.2 Å². The molecule has 1 aliphatic rings. The van der Waals surface area contributed by atoms with E-state index >= 15 is 0 Å². The van der Waals surface area contributed by atoms with Crippen molar-refractivity contribution in [2.45, 2.75) is 44.9 Å². The van der Waals surface area contributed by atoms with Crippen LogP contribution in [-0.4, -0.2) is 36.2 Å². The first-order valence-electron chi connectivity index (χ1n) is 9.27. The highest BCUT2D eigenvalue weighted by Gasteiger charge is 2.32. The number of esters is 1. The highest BCUT2D eigenvalue weighted by atomic mass is 16.6. The van der Waals surface area contributed by atoms with E-state index in [1.807, 2.05) is 36.4 Å². The molecule has 0 saturated heterocycles. The Balaban J connectivity index is 1.71. The summed E-state index contributed by atoms with van der Waals surface area (Å²) >= 11 is 0. The molecule has 0 aliphatic carbocycles. The summed E-state index contributed by atoms with van der Waals surface area (Å²) in [6.45, 7) is 5.46. The number of nitrogens with one attached hydrogen (secondary N) is 1. The summed E-state index contributed by atoms with van der Waals surface area (Å²) in [7, 11) is 0. The Morgan fingerprint density at radius 1 is 1.07 bits per heavy atom. The molecule has 2 atom stereocenters. The first-order valence-corrected chi connectivity index (χ1v) is 9.27. The minimum Gasteiger partial charge on any atom is -0.485 e. The number of amides is 1. The van der Waals surface area contributed by atoms with E-state index in [1.165, 1.54) is 0 Å². The zero-order chi connectivity index (χ0) is 20.1. The van der Waals surface area contributed by atoms with Crippen LogP contribution in [0.1, 0.15) is 26.3 Å². The van der Waals surface area contributed by atoms with Gasteiger partial charge in [-0.25, -0.2) is 4.79 Å². The summed E-state index contributed by atoms with van der Waals surface area (Å²) in [5.74, 6) is 0.202. The lowest BCUT2D eigenvalue weighted by molar-refractivity contribution is -0.159. The normalized spacial score (nSPS) is 16.8. The fourth-order valence-corrected chi connectivity index (χ4v) is 2.83. The Hall–Kier alpha value is -3.02. The number of ether oxygens (including phenoxy) is 3. The highest BCUT2D eigenvalue weighted by Crippen LogP contribution is 2.30. The molecule has 0 fully saturated rings. The average Bonchev–Trinajstić information content (AvgIpc) is 2.66. The molecule has 1 amide bonds. The third kappa shape index (κ3) is 5.25. The maximum Gasteiger partial charge on any atom is 0.329 e. The van der Waals surface area contributed by atoms with Crippen LogP contribution in [0.15, 0.2) is 54.6 Å². The topological polar surface area (TPSA) is 73.9 Å². The van der Waals surface area contributed by atoms with Crippen molar-refractivity contribution >= 4 is 11.9 Å². The third-order valence-electron chi connectivity index (χ3n) is 4.09. The summed E-state index contributed by atoms with van der Waals surface area (Å²) in [6, 6.07) is 15.8. The molecule has 2 aromatic carbocycles. The van der Waals surface area contributed by atoms with Crippen molar-refractivity contribution in [2.75, 3.05) is 6.61 Å². The Morgan fingerprint density at radius 2 is 1.71 bits per heavy atom. The molecule has 28 heavy (non-hydrogen) atoms. The van der Waals surface area contributed by atoms with Gasteiger partial charge in [0.1, 0.15) is 18.2 Å². The van der Waals surface area contributed by atoms with Gasteiger partial charge >= 0.3 is 5.97 Å². The van der Waals surface area contributed by atoms with Crippen molar-refractivity contribution < 1.29 is 23.8 Å². The minimum atomic E-state index is -0.837. The second-order valence-corrected chi connectivity index (χ2v) is 7.65. The lowest BCUT2D eigenvalue weighted by Gasteiger charge is -2.28. The SMILES string of the molecule is CC(C)(C)OC(=O)[C@H](Cc1ccccc1)NC(=O)C1COc2ccccc2O1. The molecule has 1 heterocycles. The quantitative estimate of drug-likeness (QED) is 0.804. The number of hydrogen-bond acceptors (Lipinski definition) is 5. The summed E-state index contributed by atoms with van der Waals surface area (Å²) in [4.78, 5) is 25.4. The first kappa shape index (κ1) is 19.7. The largest absolute Gasteiger partial charge is 0.485 e. The van der Waals surface area contributed by atoms with Crippen molar-refractivity contribution in [3.8, 4) is 11.5 Å². The maximum absolute atomic E-state index is 12.8.